The Morgan fingerprint density at radius 1 is 1.26 bits per heavy atom. The zero-order chi connectivity index (χ0) is 14.5. The molecule has 1 saturated carbocycles. The molecule has 4 nitrogen and oxygen atoms in total. The lowest BCUT2D eigenvalue weighted by molar-refractivity contribution is -0.193. The number of nitrogens with one attached hydrogen (secondary N) is 1. The molecule has 0 amide bonds. The summed E-state index contributed by atoms with van der Waals surface area (Å²) in [4.78, 5) is 0. The van der Waals surface area contributed by atoms with Gasteiger partial charge < -0.3 is 4.74 Å². The number of hydrogen-bond donors (Lipinski definition) is 1. The van der Waals surface area contributed by atoms with Crippen LogP contribution in [0.1, 0.15) is 32.6 Å². The summed E-state index contributed by atoms with van der Waals surface area (Å²) in [7, 11) is -3.31. The second-order valence-electron chi connectivity index (χ2n) is 4.76. The first-order chi connectivity index (χ1) is 8.73. The fraction of sp³-hybridized carbons (Fsp3) is 1.00. The molecule has 1 aliphatic carbocycles. The van der Waals surface area contributed by atoms with Crippen molar-refractivity contribution in [2.45, 2.75) is 44.9 Å². The van der Waals surface area contributed by atoms with Crippen LogP contribution >= 0.6 is 0 Å². The highest BCUT2D eigenvalue weighted by atomic mass is 32.2. The molecule has 0 spiro atoms. The van der Waals surface area contributed by atoms with Gasteiger partial charge in [-0.3, -0.25) is 0 Å². The third-order valence-electron chi connectivity index (χ3n) is 3.25. The lowest BCUT2D eigenvalue weighted by Crippen LogP contribution is -2.39. The molecule has 0 unspecified atom stereocenters. The molecule has 0 aromatic heterocycles. The fourth-order valence-corrected chi connectivity index (χ4v) is 2.84. The molecular weight excluding hydrogens is 283 g/mol. The average Bonchev–Trinajstić information content (AvgIpc) is 2.34. The van der Waals surface area contributed by atoms with Crippen molar-refractivity contribution < 1.29 is 26.3 Å². The molecular formula is C11H20F3NO3S. The van der Waals surface area contributed by atoms with Crippen LogP contribution in [-0.2, 0) is 14.8 Å². The molecule has 2 atom stereocenters. The number of alkyl halides is 3. The summed E-state index contributed by atoms with van der Waals surface area (Å²) < 4.78 is 66.4. The minimum atomic E-state index is -4.34. The summed E-state index contributed by atoms with van der Waals surface area (Å²) in [6.07, 6.45) is -1.91. The van der Waals surface area contributed by atoms with Gasteiger partial charge in [0, 0.05) is 6.54 Å². The third-order valence-corrected chi connectivity index (χ3v) is 4.61. The molecule has 114 valence electrons. The van der Waals surface area contributed by atoms with Gasteiger partial charge in [-0.2, -0.15) is 13.2 Å². The van der Waals surface area contributed by atoms with Crippen molar-refractivity contribution in [3.05, 3.63) is 0 Å². The molecule has 0 radical (unpaired) electrons. The zero-order valence-corrected chi connectivity index (χ0v) is 11.7. The molecule has 1 fully saturated rings. The molecule has 1 N–H and O–H groups in total. The van der Waals surface area contributed by atoms with Crippen molar-refractivity contribution in [2.24, 2.45) is 5.92 Å². The van der Waals surface area contributed by atoms with Gasteiger partial charge in [0.2, 0.25) is 10.0 Å². The van der Waals surface area contributed by atoms with Gasteiger partial charge in [0.25, 0.3) is 0 Å². The van der Waals surface area contributed by atoms with E-state index in [2.05, 4.69) is 4.72 Å². The molecule has 0 aromatic carbocycles. The molecule has 1 aliphatic rings. The normalized spacial score (nSPS) is 25.5. The smallest absolute Gasteiger partial charge is 0.368 e. The van der Waals surface area contributed by atoms with Gasteiger partial charge in [0.15, 0.2) is 0 Å². The van der Waals surface area contributed by atoms with Gasteiger partial charge in [0.1, 0.15) is 6.61 Å². The average molecular weight is 303 g/mol. The van der Waals surface area contributed by atoms with Crippen molar-refractivity contribution in [1.29, 1.82) is 0 Å². The van der Waals surface area contributed by atoms with Crippen LogP contribution < -0.4 is 4.72 Å². The van der Waals surface area contributed by atoms with E-state index < -0.39 is 28.9 Å². The zero-order valence-electron chi connectivity index (χ0n) is 10.9. The van der Waals surface area contributed by atoms with Gasteiger partial charge in [0.05, 0.1) is 11.9 Å². The topological polar surface area (TPSA) is 55.4 Å². The van der Waals surface area contributed by atoms with E-state index in [0.717, 1.165) is 12.8 Å². The van der Waals surface area contributed by atoms with Gasteiger partial charge in [-0.05, 0) is 25.7 Å². The van der Waals surface area contributed by atoms with Crippen molar-refractivity contribution in [3.63, 3.8) is 0 Å². The summed E-state index contributed by atoms with van der Waals surface area (Å²) >= 11 is 0. The molecule has 0 aromatic rings. The predicted octanol–water partition coefficient (Wildman–Crippen LogP) is 2.06. The lowest BCUT2D eigenvalue weighted by atomic mass is 9.86. The van der Waals surface area contributed by atoms with Crippen LogP contribution in [0.3, 0.4) is 0 Å². The molecule has 0 bridgehead atoms. The highest BCUT2D eigenvalue weighted by Gasteiger charge is 2.33. The number of hydrogen-bond acceptors (Lipinski definition) is 3. The number of rotatable bonds is 6. The quantitative estimate of drug-likeness (QED) is 0.817. The van der Waals surface area contributed by atoms with E-state index in [4.69, 9.17) is 4.74 Å². The molecule has 0 aliphatic heterocycles. The second-order valence-corrected chi connectivity index (χ2v) is 6.86. The van der Waals surface area contributed by atoms with E-state index in [1.165, 1.54) is 6.92 Å². The Balaban J connectivity index is 2.48. The minimum absolute atomic E-state index is 0.0339. The van der Waals surface area contributed by atoms with E-state index in [9.17, 15) is 21.6 Å². The number of sulfonamides is 1. The highest BCUT2D eigenvalue weighted by Crippen LogP contribution is 2.28. The van der Waals surface area contributed by atoms with E-state index in [1.807, 2.05) is 0 Å². The Morgan fingerprint density at radius 2 is 1.89 bits per heavy atom. The van der Waals surface area contributed by atoms with Crippen LogP contribution in [0.5, 0.6) is 0 Å². The molecule has 8 heteroatoms. The van der Waals surface area contributed by atoms with E-state index in [1.54, 1.807) is 0 Å². The maximum atomic E-state index is 12.1. The predicted molar refractivity (Wildman–Crippen MR) is 65.2 cm³/mol. The summed E-state index contributed by atoms with van der Waals surface area (Å²) in [6.45, 7) is 0.397. The Hall–Kier alpha value is -0.340. The van der Waals surface area contributed by atoms with Gasteiger partial charge >= 0.3 is 6.18 Å². The van der Waals surface area contributed by atoms with Crippen LogP contribution in [0.15, 0.2) is 0 Å². The molecule has 19 heavy (non-hydrogen) atoms. The first-order valence-corrected chi connectivity index (χ1v) is 8.04. The van der Waals surface area contributed by atoms with E-state index in [-0.39, 0.29) is 18.2 Å². The summed E-state index contributed by atoms with van der Waals surface area (Å²) in [5.41, 5.74) is 0. The van der Waals surface area contributed by atoms with E-state index in [0.29, 0.717) is 12.8 Å². The monoisotopic (exact) mass is 303 g/mol. The first-order valence-electron chi connectivity index (χ1n) is 6.39. The van der Waals surface area contributed by atoms with Crippen LogP contribution in [0, 0.1) is 5.92 Å². The largest absolute Gasteiger partial charge is 0.411 e. The van der Waals surface area contributed by atoms with Gasteiger partial charge in [-0.1, -0.05) is 12.8 Å². The van der Waals surface area contributed by atoms with Crippen LogP contribution in [0.25, 0.3) is 0 Å². The summed E-state index contributed by atoms with van der Waals surface area (Å²) in [5.74, 6) is -0.217. The maximum absolute atomic E-state index is 12.1. The molecule has 1 rings (SSSR count). The molecule has 0 saturated heterocycles. The Kier molecular flexibility index (Phi) is 6.07. The van der Waals surface area contributed by atoms with Crippen molar-refractivity contribution in [2.75, 3.05) is 18.9 Å². The fourth-order valence-electron chi connectivity index (χ4n) is 2.16. The standard InChI is InChI=1S/C11H20F3NO3S/c1-2-19(16,17)15-7-9-5-3-4-6-10(9)18-8-11(12,13)14/h9-10,15H,2-8H2,1H3/t9-,10+/m0/s1. The van der Waals surface area contributed by atoms with Crippen LogP contribution in [0.2, 0.25) is 0 Å². The first kappa shape index (κ1) is 16.7. The van der Waals surface area contributed by atoms with Crippen molar-refractivity contribution in [1.82, 2.24) is 4.72 Å². The number of halogens is 3. The van der Waals surface area contributed by atoms with Crippen molar-refractivity contribution >= 4 is 10.0 Å². The Labute approximate surface area is 111 Å². The molecule has 0 heterocycles. The van der Waals surface area contributed by atoms with Gasteiger partial charge in [-0.15, -0.1) is 0 Å². The number of ether oxygens (including phenoxy) is 1. The third kappa shape index (κ3) is 6.58. The van der Waals surface area contributed by atoms with Crippen LogP contribution in [0.4, 0.5) is 13.2 Å². The Bertz CT molecular complexity index is 370. The van der Waals surface area contributed by atoms with E-state index >= 15 is 0 Å². The highest BCUT2D eigenvalue weighted by molar-refractivity contribution is 7.89. The second kappa shape index (κ2) is 6.90. The minimum Gasteiger partial charge on any atom is -0.368 e. The van der Waals surface area contributed by atoms with Crippen molar-refractivity contribution in [3.8, 4) is 0 Å². The lowest BCUT2D eigenvalue weighted by Gasteiger charge is -2.31. The van der Waals surface area contributed by atoms with Crippen LogP contribution in [-0.4, -0.2) is 39.6 Å². The maximum Gasteiger partial charge on any atom is 0.411 e. The van der Waals surface area contributed by atoms with Gasteiger partial charge in [-0.25, -0.2) is 13.1 Å². The summed E-state index contributed by atoms with van der Waals surface area (Å²) in [5, 5.41) is 0. The Morgan fingerprint density at radius 3 is 2.47 bits per heavy atom. The SMILES string of the molecule is CCS(=O)(=O)NC[C@@H]1CCCC[C@H]1OCC(F)(F)F. The summed E-state index contributed by atoms with van der Waals surface area (Å²) in [6, 6.07) is 0.